The van der Waals surface area contributed by atoms with Crippen molar-refractivity contribution in [2.24, 2.45) is 11.8 Å². The third kappa shape index (κ3) is 5.82. The van der Waals surface area contributed by atoms with E-state index in [4.69, 9.17) is 23.2 Å². The highest BCUT2D eigenvalue weighted by Crippen LogP contribution is 2.31. The van der Waals surface area contributed by atoms with Crippen LogP contribution in [0.4, 0.5) is 0 Å². The fourth-order valence-electron chi connectivity index (χ4n) is 2.06. The fraction of sp³-hybridized carbons (Fsp3) is 0.643. The number of hydrogen-bond acceptors (Lipinski definition) is 3. The summed E-state index contributed by atoms with van der Waals surface area (Å²) in [6.45, 7) is 10.9. The summed E-state index contributed by atoms with van der Waals surface area (Å²) in [5.41, 5.74) is 0.550. The Labute approximate surface area is 129 Å². The van der Waals surface area contributed by atoms with Crippen LogP contribution in [-0.2, 0) is 0 Å². The van der Waals surface area contributed by atoms with Crippen LogP contribution in [0, 0.1) is 11.8 Å². The maximum atomic E-state index is 12.3. The lowest BCUT2D eigenvalue weighted by molar-refractivity contribution is 0.0913. The van der Waals surface area contributed by atoms with Crippen LogP contribution in [0.25, 0.3) is 0 Å². The minimum Gasteiger partial charge on any atom is -0.295 e. The molecule has 19 heavy (non-hydrogen) atoms. The van der Waals surface area contributed by atoms with Gasteiger partial charge in [0.05, 0.1) is 16.4 Å². The summed E-state index contributed by atoms with van der Waals surface area (Å²) in [4.78, 5) is 14.5. The van der Waals surface area contributed by atoms with E-state index in [0.717, 1.165) is 13.1 Å². The third-order valence-corrected chi connectivity index (χ3v) is 4.06. The molecule has 0 fully saturated rings. The first-order chi connectivity index (χ1) is 8.79. The second-order valence-corrected chi connectivity index (χ2v) is 7.93. The molecule has 108 valence electrons. The molecule has 0 unspecified atom stereocenters. The van der Waals surface area contributed by atoms with Crippen molar-refractivity contribution in [2.45, 2.75) is 27.7 Å². The van der Waals surface area contributed by atoms with Crippen LogP contribution in [0.3, 0.4) is 0 Å². The average Bonchev–Trinajstić information content (AvgIpc) is 2.55. The highest BCUT2D eigenvalue weighted by Gasteiger charge is 2.18. The largest absolute Gasteiger partial charge is 0.295 e. The smallest absolute Gasteiger partial charge is 0.179 e. The minimum absolute atomic E-state index is 0.0504. The Morgan fingerprint density at radius 2 is 1.74 bits per heavy atom. The number of halogens is 2. The van der Waals surface area contributed by atoms with Crippen molar-refractivity contribution >= 4 is 40.3 Å². The lowest BCUT2D eigenvalue weighted by Gasteiger charge is -2.25. The van der Waals surface area contributed by atoms with Gasteiger partial charge in [0.15, 0.2) is 5.78 Å². The van der Waals surface area contributed by atoms with Gasteiger partial charge in [0.2, 0.25) is 0 Å². The lowest BCUT2D eigenvalue weighted by atomic mass is 10.1. The summed E-state index contributed by atoms with van der Waals surface area (Å²) in [6.07, 6.45) is 0. The third-order valence-electron chi connectivity index (χ3n) is 2.57. The zero-order valence-corrected chi connectivity index (χ0v) is 14.2. The van der Waals surface area contributed by atoms with E-state index < -0.39 is 0 Å². The van der Waals surface area contributed by atoms with Gasteiger partial charge in [-0.1, -0.05) is 50.9 Å². The molecule has 0 saturated carbocycles. The van der Waals surface area contributed by atoms with E-state index in [0.29, 0.717) is 32.6 Å². The van der Waals surface area contributed by atoms with E-state index in [1.54, 1.807) is 6.07 Å². The van der Waals surface area contributed by atoms with Crippen LogP contribution in [0.2, 0.25) is 8.67 Å². The molecule has 0 atom stereocenters. The van der Waals surface area contributed by atoms with Crippen molar-refractivity contribution in [3.8, 4) is 0 Å². The molecule has 2 nitrogen and oxygen atoms in total. The molecule has 5 heteroatoms. The van der Waals surface area contributed by atoms with Crippen LogP contribution >= 0.6 is 34.5 Å². The number of Topliss-reactive ketones (excluding diaryl/α,β-unsaturated/α-hetero) is 1. The maximum absolute atomic E-state index is 12.3. The SMILES string of the molecule is CC(C)CN(CC(=O)c1cc(Cl)sc1Cl)CC(C)C. The molecule has 0 amide bonds. The number of thiophene rings is 1. The Hall–Kier alpha value is -0.0900. The van der Waals surface area contributed by atoms with Gasteiger partial charge in [-0.3, -0.25) is 9.69 Å². The molecule has 1 aromatic rings. The second-order valence-electron chi connectivity index (χ2n) is 5.64. The van der Waals surface area contributed by atoms with Crippen LogP contribution < -0.4 is 0 Å². The van der Waals surface area contributed by atoms with Crippen molar-refractivity contribution in [2.75, 3.05) is 19.6 Å². The number of hydrogen-bond donors (Lipinski definition) is 0. The van der Waals surface area contributed by atoms with E-state index in [2.05, 4.69) is 32.6 Å². The topological polar surface area (TPSA) is 20.3 Å². The molecule has 0 bridgehead atoms. The number of ketones is 1. The van der Waals surface area contributed by atoms with E-state index in [9.17, 15) is 4.79 Å². The first-order valence-corrected chi connectivity index (χ1v) is 8.07. The molecule has 0 aliphatic carbocycles. The predicted molar refractivity (Wildman–Crippen MR) is 84.8 cm³/mol. The van der Waals surface area contributed by atoms with Crippen molar-refractivity contribution in [1.29, 1.82) is 0 Å². The minimum atomic E-state index is 0.0504. The van der Waals surface area contributed by atoms with Crippen LogP contribution in [0.5, 0.6) is 0 Å². The fourth-order valence-corrected chi connectivity index (χ4v) is 3.55. The summed E-state index contributed by atoms with van der Waals surface area (Å²) in [7, 11) is 0. The normalized spacial score (nSPS) is 11.8. The zero-order valence-electron chi connectivity index (χ0n) is 11.9. The quantitative estimate of drug-likeness (QED) is 0.669. The van der Waals surface area contributed by atoms with Gasteiger partial charge in [-0.2, -0.15) is 0 Å². The number of rotatable bonds is 7. The van der Waals surface area contributed by atoms with Gasteiger partial charge >= 0.3 is 0 Å². The van der Waals surface area contributed by atoms with Gasteiger partial charge in [0, 0.05) is 13.1 Å². The molecule has 0 spiro atoms. The summed E-state index contributed by atoms with van der Waals surface area (Å²) >= 11 is 13.2. The summed E-state index contributed by atoms with van der Waals surface area (Å²) in [6, 6.07) is 1.67. The van der Waals surface area contributed by atoms with E-state index in [1.165, 1.54) is 11.3 Å². The van der Waals surface area contributed by atoms with Gasteiger partial charge in [0.1, 0.15) is 4.34 Å². The van der Waals surface area contributed by atoms with E-state index >= 15 is 0 Å². The molecule has 1 aromatic heterocycles. The number of nitrogens with zero attached hydrogens (tertiary/aromatic N) is 1. The molecule has 0 N–H and O–H groups in total. The van der Waals surface area contributed by atoms with E-state index in [-0.39, 0.29) is 5.78 Å². The van der Waals surface area contributed by atoms with Crippen LogP contribution in [0.15, 0.2) is 6.07 Å². The number of carbonyl (C=O) groups is 1. The summed E-state index contributed by atoms with van der Waals surface area (Å²) in [5, 5.41) is 0. The standard InChI is InChI=1S/C14H21Cl2NOS/c1-9(2)6-17(7-10(3)4)8-12(18)11-5-13(15)19-14(11)16/h5,9-10H,6-8H2,1-4H3. The lowest BCUT2D eigenvalue weighted by Crippen LogP contribution is -2.35. The van der Waals surface area contributed by atoms with Gasteiger partial charge in [-0.15, -0.1) is 11.3 Å². The first-order valence-electron chi connectivity index (χ1n) is 6.50. The summed E-state index contributed by atoms with van der Waals surface area (Å²) in [5.74, 6) is 1.12. The molecule has 0 saturated heterocycles. The van der Waals surface area contributed by atoms with Crippen molar-refractivity contribution in [3.05, 3.63) is 20.3 Å². The van der Waals surface area contributed by atoms with Gasteiger partial charge in [-0.25, -0.2) is 0 Å². The Morgan fingerprint density at radius 3 is 2.11 bits per heavy atom. The molecule has 1 heterocycles. The van der Waals surface area contributed by atoms with Crippen molar-refractivity contribution in [1.82, 2.24) is 4.90 Å². The molecule has 1 rings (SSSR count). The monoisotopic (exact) mass is 321 g/mol. The molecule has 0 aliphatic heterocycles. The van der Waals surface area contributed by atoms with Gasteiger partial charge in [0.25, 0.3) is 0 Å². The predicted octanol–water partition coefficient (Wildman–Crippen LogP) is 4.85. The Bertz CT molecular complexity index is 419. The molecule has 0 aliphatic rings. The Balaban J connectivity index is 2.72. The Morgan fingerprint density at radius 1 is 1.21 bits per heavy atom. The van der Waals surface area contributed by atoms with E-state index in [1.807, 2.05) is 0 Å². The number of carbonyl (C=O) groups excluding carboxylic acids is 1. The van der Waals surface area contributed by atoms with Crippen LogP contribution in [-0.4, -0.2) is 30.3 Å². The van der Waals surface area contributed by atoms with Crippen LogP contribution in [0.1, 0.15) is 38.1 Å². The molecule has 0 aromatic carbocycles. The highest BCUT2D eigenvalue weighted by molar-refractivity contribution is 7.20. The molecular weight excluding hydrogens is 301 g/mol. The molecular formula is C14H21Cl2NOS. The molecule has 0 radical (unpaired) electrons. The highest BCUT2D eigenvalue weighted by atomic mass is 35.5. The van der Waals surface area contributed by atoms with Gasteiger partial charge < -0.3 is 0 Å². The average molecular weight is 322 g/mol. The maximum Gasteiger partial charge on any atom is 0.179 e. The Kier molecular flexibility index (Phi) is 6.81. The van der Waals surface area contributed by atoms with Crippen molar-refractivity contribution in [3.63, 3.8) is 0 Å². The van der Waals surface area contributed by atoms with Gasteiger partial charge in [-0.05, 0) is 17.9 Å². The van der Waals surface area contributed by atoms with Crippen molar-refractivity contribution < 1.29 is 4.79 Å². The zero-order chi connectivity index (χ0) is 14.6. The second kappa shape index (κ2) is 7.63. The summed E-state index contributed by atoms with van der Waals surface area (Å²) < 4.78 is 1.05. The first kappa shape index (κ1) is 17.0.